The van der Waals surface area contributed by atoms with Crippen LogP contribution in [0.2, 0.25) is 0 Å². The predicted octanol–water partition coefficient (Wildman–Crippen LogP) is 4.46. The molecular formula is C22H29N5OS. The van der Waals surface area contributed by atoms with Crippen LogP contribution in [0.4, 0.5) is 0 Å². The van der Waals surface area contributed by atoms with Crippen LogP contribution in [0.25, 0.3) is 5.69 Å². The predicted molar refractivity (Wildman–Crippen MR) is 115 cm³/mol. The molecule has 0 bridgehead atoms. The molecular weight excluding hydrogens is 382 g/mol. The lowest BCUT2D eigenvalue weighted by atomic mass is 9.88. The van der Waals surface area contributed by atoms with Gasteiger partial charge >= 0.3 is 0 Å². The molecule has 3 rings (SSSR count). The molecule has 1 amide bonds. The SMILES string of the molecule is CC(C)[C@](C)(C#N)NC(=O)CSc1nc(C2CCCCC2)n(-c2ccccc2)n1. The van der Waals surface area contributed by atoms with Crippen LogP contribution in [0.15, 0.2) is 35.5 Å². The number of benzene rings is 1. The van der Waals surface area contributed by atoms with E-state index in [0.717, 1.165) is 24.4 Å². The van der Waals surface area contributed by atoms with Crippen LogP contribution in [0.1, 0.15) is 64.6 Å². The third kappa shape index (κ3) is 5.18. The minimum atomic E-state index is -0.873. The van der Waals surface area contributed by atoms with Crippen LogP contribution in [-0.4, -0.2) is 32.0 Å². The summed E-state index contributed by atoms with van der Waals surface area (Å²) >= 11 is 1.32. The van der Waals surface area contributed by atoms with E-state index in [4.69, 9.17) is 10.1 Å². The smallest absolute Gasteiger partial charge is 0.231 e. The van der Waals surface area contributed by atoms with Crippen LogP contribution in [-0.2, 0) is 4.79 Å². The molecule has 1 aromatic heterocycles. The third-order valence-electron chi connectivity index (χ3n) is 5.70. The summed E-state index contributed by atoms with van der Waals surface area (Å²) in [5.74, 6) is 1.43. The second-order valence-corrected chi connectivity index (χ2v) is 9.08. The number of nitrogens with one attached hydrogen (secondary N) is 1. The number of hydrogen-bond acceptors (Lipinski definition) is 5. The Morgan fingerprint density at radius 3 is 2.62 bits per heavy atom. The Labute approximate surface area is 177 Å². The van der Waals surface area contributed by atoms with Gasteiger partial charge in [0, 0.05) is 5.92 Å². The van der Waals surface area contributed by atoms with Crippen LogP contribution in [0, 0.1) is 17.2 Å². The number of carbonyl (C=O) groups excluding carboxylic acids is 1. The molecule has 1 heterocycles. The van der Waals surface area contributed by atoms with E-state index in [1.807, 2.05) is 48.9 Å². The van der Waals surface area contributed by atoms with Gasteiger partial charge in [-0.1, -0.05) is 63.1 Å². The van der Waals surface area contributed by atoms with Crippen molar-refractivity contribution in [2.24, 2.45) is 5.92 Å². The molecule has 1 N–H and O–H groups in total. The van der Waals surface area contributed by atoms with Gasteiger partial charge in [0.25, 0.3) is 0 Å². The minimum absolute atomic E-state index is 0.0229. The Morgan fingerprint density at radius 2 is 2.00 bits per heavy atom. The van der Waals surface area contributed by atoms with Crippen LogP contribution in [0.3, 0.4) is 0 Å². The highest BCUT2D eigenvalue weighted by molar-refractivity contribution is 7.99. The maximum Gasteiger partial charge on any atom is 0.231 e. The molecule has 0 spiro atoms. The van der Waals surface area contributed by atoms with Crippen LogP contribution < -0.4 is 5.32 Å². The van der Waals surface area contributed by atoms with Gasteiger partial charge in [-0.3, -0.25) is 4.79 Å². The number of nitrogens with zero attached hydrogens (tertiary/aromatic N) is 4. The van der Waals surface area contributed by atoms with Crippen molar-refractivity contribution >= 4 is 17.7 Å². The van der Waals surface area contributed by atoms with Crippen molar-refractivity contribution in [1.82, 2.24) is 20.1 Å². The number of thioether (sulfide) groups is 1. The van der Waals surface area contributed by atoms with E-state index in [1.54, 1.807) is 6.92 Å². The minimum Gasteiger partial charge on any atom is -0.337 e. The summed E-state index contributed by atoms with van der Waals surface area (Å²) in [6, 6.07) is 12.3. The number of rotatable bonds is 7. The fraction of sp³-hybridized carbons (Fsp3) is 0.545. The summed E-state index contributed by atoms with van der Waals surface area (Å²) in [5, 5.41) is 17.6. The highest BCUT2D eigenvalue weighted by Gasteiger charge is 2.30. The molecule has 0 unspecified atom stereocenters. The quantitative estimate of drug-likeness (QED) is 0.680. The van der Waals surface area contributed by atoms with Crippen molar-refractivity contribution in [3.8, 4) is 11.8 Å². The van der Waals surface area contributed by atoms with E-state index in [1.165, 1.54) is 31.0 Å². The van der Waals surface area contributed by atoms with E-state index in [2.05, 4.69) is 11.4 Å². The highest BCUT2D eigenvalue weighted by atomic mass is 32.2. The Morgan fingerprint density at radius 1 is 1.31 bits per heavy atom. The molecule has 0 saturated heterocycles. The third-order valence-corrected chi connectivity index (χ3v) is 6.54. The van der Waals surface area contributed by atoms with Gasteiger partial charge in [0.2, 0.25) is 11.1 Å². The zero-order valence-corrected chi connectivity index (χ0v) is 18.2. The molecule has 29 heavy (non-hydrogen) atoms. The van der Waals surface area contributed by atoms with Gasteiger partial charge in [-0.25, -0.2) is 9.67 Å². The topological polar surface area (TPSA) is 83.6 Å². The lowest BCUT2D eigenvalue weighted by Gasteiger charge is -2.27. The van der Waals surface area contributed by atoms with Gasteiger partial charge in [-0.05, 0) is 37.8 Å². The standard InChI is InChI=1S/C22H29N5OS/c1-16(2)22(3,15-23)25-19(28)14-29-21-24-20(17-10-6-4-7-11-17)27(26-21)18-12-8-5-9-13-18/h5,8-9,12-13,16-17H,4,6-7,10-11,14H2,1-3H3,(H,25,28)/t22-/m0/s1. The van der Waals surface area contributed by atoms with Crippen molar-refractivity contribution < 1.29 is 4.79 Å². The Bertz CT molecular complexity index is 867. The molecule has 2 aromatic rings. The maximum atomic E-state index is 12.4. The van der Waals surface area contributed by atoms with Crippen LogP contribution >= 0.6 is 11.8 Å². The number of para-hydroxylation sites is 1. The second-order valence-electron chi connectivity index (χ2n) is 8.14. The second kappa shape index (κ2) is 9.45. The van der Waals surface area contributed by atoms with E-state index in [0.29, 0.717) is 11.1 Å². The van der Waals surface area contributed by atoms with E-state index < -0.39 is 5.54 Å². The summed E-state index contributed by atoms with van der Waals surface area (Å²) in [7, 11) is 0. The molecule has 7 heteroatoms. The number of nitriles is 1. The first-order valence-corrected chi connectivity index (χ1v) is 11.3. The zero-order chi connectivity index (χ0) is 20.9. The number of hydrogen-bond donors (Lipinski definition) is 1. The van der Waals surface area contributed by atoms with Gasteiger partial charge in [-0.2, -0.15) is 5.26 Å². The monoisotopic (exact) mass is 411 g/mol. The van der Waals surface area contributed by atoms with Crippen molar-refractivity contribution in [3.63, 3.8) is 0 Å². The van der Waals surface area contributed by atoms with Crippen molar-refractivity contribution in [2.45, 2.75) is 69.5 Å². The number of carbonyl (C=O) groups is 1. The average Bonchev–Trinajstić information content (AvgIpc) is 3.18. The Balaban J connectivity index is 1.75. The molecule has 1 atom stereocenters. The fourth-order valence-electron chi connectivity index (χ4n) is 3.51. The van der Waals surface area contributed by atoms with Crippen molar-refractivity contribution in [1.29, 1.82) is 5.26 Å². The Hall–Kier alpha value is -2.33. The summed E-state index contributed by atoms with van der Waals surface area (Å²) in [4.78, 5) is 17.2. The molecule has 0 radical (unpaired) electrons. The molecule has 1 aromatic carbocycles. The van der Waals surface area contributed by atoms with Gasteiger partial charge in [0.1, 0.15) is 11.4 Å². The molecule has 6 nitrogen and oxygen atoms in total. The van der Waals surface area contributed by atoms with Crippen LogP contribution in [0.5, 0.6) is 0 Å². The molecule has 154 valence electrons. The average molecular weight is 412 g/mol. The first kappa shape index (κ1) is 21.4. The fourth-order valence-corrected chi connectivity index (χ4v) is 4.14. The van der Waals surface area contributed by atoms with E-state index in [-0.39, 0.29) is 17.6 Å². The van der Waals surface area contributed by atoms with Gasteiger partial charge in [0.05, 0.1) is 17.5 Å². The van der Waals surface area contributed by atoms with Gasteiger partial charge in [0.15, 0.2) is 0 Å². The first-order valence-electron chi connectivity index (χ1n) is 10.3. The zero-order valence-electron chi connectivity index (χ0n) is 17.4. The van der Waals surface area contributed by atoms with Gasteiger partial charge < -0.3 is 5.32 Å². The maximum absolute atomic E-state index is 12.4. The van der Waals surface area contributed by atoms with Gasteiger partial charge in [-0.15, -0.1) is 5.10 Å². The lowest BCUT2D eigenvalue weighted by Crippen LogP contribution is -2.49. The largest absolute Gasteiger partial charge is 0.337 e. The summed E-state index contributed by atoms with van der Waals surface area (Å²) in [6.07, 6.45) is 5.99. The van der Waals surface area contributed by atoms with Crippen molar-refractivity contribution in [3.05, 3.63) is 36.2 Å². The molecule has 1 aliphatic rings. The first-order chi connectivity index (χ1) is 13.9. The molecule has 1 saturated carbocycles. The number of aromatic nitrogens is 3. The van der Waals surface area contributed by atoms with E-state index >= 15 is 0 Å². The molecule has 1 fully saturated rings. The summed E-state index contributed by atoms with van der Waals surface area (Å²) in [5.41, 5.74) is 0.121. The normalized spacial score (nSPS) is 16.9. The molecule has 0 aliphatic heterocycles. The summed E-state index contributed by atoms with van der Waals surface area (Å²) in [6.45, 7) is 5.61. The molecule has 1 aliphatic carbocycles. The Kier molecular flexibility index (Phi) is 6.96. The van der Waals surface area contributed by atoms with Crippen molar-refractivity contribution in [2.75, 3.05) is 5.75 Å². The lowest BCUT2D eigenvalue weighted by molar-refractivity contribution is -0.120. The highest BCUT2D eigenvalue weighted by Crippen LogP contribution is 2.33. The summed E-state index contributed by atoms with van der Waals surface area (Å²) < 4.78 is 1.93. The number of amides is 1. The van der Waals surface area contributed by atoms with E-state index in [9.17, 15) is 10.1 Å².